The zero-order chi connectivity index (χ0) is 24.5. The minimum absolute atomic E-state index is 0.00383. The Hall–Kier alpha value is -3.41. The molecule has 11 nitrogen and oxygen atoms in total. The quantitative estimate of drug-likeness (QED) is 0.480. The van der Waals surface area contributed by atoms with Gasteiger partial charge in [0.25, 0.3) is 0 Å². The van der Waals surface area contributed by atoms with Crippen LogP contribution in [0.25, 0.3) is 0 Å². The number of hydrogen-bond donors (Lipinski definition) is 3. The Morgan fingerprint density at radius 2 is 1.09 bits per heavy atom. The summed E-state index contributed by atoms with van der Waals surface area (Å²) < 4.78 is 0. The van der Waals surface area contributed by atoms with Crippen molar-refractivity contribution < 1.29 is 29.7 Å². The first kappa shape index (κ1) is 25.2. The molecule has 0 radical (unpaired) electrons. The van der Waals surface area contributed by atoms with E-state index >= 15 is 0 Å². The molecular formula is C23H29N5O6. The van der Waals surface area contributed by atoms with Crippen LogP contribution in [0, 0.1) is 0 Å². The van der Waals surface area contributed by atoms with Crippen molar-refractivity contribution >= 4 is 17.9 Å². The summed E-state index contributed by atoms with van der Waals surface area (Å²) in [6.07, 6.45) is 0.0461. The van der Waals surface area contributed by atoms with Crippen molar-refractivity contribution in [3.8, 4) is 0 Å². The maximum Gasteiger partial charge on any atom is 0.354 e. The highest BCUT2D eigenvalue weighted by Gasteiger charge is 2.19. The number of carbonyl (C=O) groups is 3. The second-order valence-electron chi connectivity index (χ2n) is 8.18. The van der Waals surface area contributed by atoms with Gasteiger partial charge in [0, 0.05) is 58.9 Å². The third-order valence-corrected chi connectivity index (χ3v) is 5.66. The molecule has 1 saturated heterocycles. The molecule has 0 amide bonds. The third kappa shape index (κ3) is 7.87. The molecule has 182 valence electrons. The minimum atomic E-state index is -1.08. The Labute approximate surface area is 197 Å². The molecule has 0 aliphatic carbocycles. The average molecular weight is 472 g/mol. The molecule has 0 unspecified atom stereocenters. The number of rotatable bonds is 9. The molecule has 0 atom stereocenters. The van der Waals surface area contributed by atoms with Gasteiger partial charge in [0.1, 0.15) is 11.4 Å². The van der Waals surface area contributed by atoms with E-state index in [0.717, 1.165) is 0 Å². The van der Waals surface area contributed by atoms with Crippen LogP contribution in [0.5, 0.6) is 0 Å². The topological polar surface area (TPSA) is 147 Å². The Balaban J connectivity index is 1.73. The van der Waals surface area contributed by atoms with Crippen molar-refractivity contribution in [3.05, 3.63) is 59.2 Å². The van der Waals surface area contributed by atoms with E-state index in [4.69, 9.17) is 5.11 Å². The number of aliphatic carboxylic acids is 1. The van der Waals surface area contributed by atoms with E-state index in [0.29, 0.717) is 70.3 Å². The van der Waals surface area contributed by atoms with Gasteiger partial charge in [0.15, 0.2) is 0 Å². The lowest BCUT2D eigenvalue weighted by atomic mass is 10.2. The number of carboxylic acids is 3. The van der Waals surface area contributed by atoms with E-state index in [1.165, 1.54) is 12.1 Å². The molecule has 3 N–H and O–H groups in total. The van der Waals surface area contributed by atoms with E-state index in [2.05, 4.69) is 24.7 Å². The second-order valence-corrected chi connectivity index (χ2v) is 8.18. The first-order chi connectivity index (χ1) is 16.3. The SMILES string of the molecule is O=C(O)CCN1CCN(Cc2cccc(C(=O)O)n2)CCN(Cc2cccc(C(=O)O)n2)CC1. The number of aromatic nitrogens is 2. The summed E-state index contributed by atoms with van der Waals surface area (Å²) in [4.78, 5) is 48.5. The van der Waals surface area contributed by atoms with Crippen molar-refractivity contribution in [1.82, 2.24) is 24.7 Å². The highest BCUT2D eigenvalue weighted by Crippen LogP contribution is 2.10. The normalized spacial score (nSPS) is 16.4. The summed E-state index contributed by atoms with van der Waals surface area (Å²) in [5, 5.41) is 27.5. The van der Waals surface area contributed by atoms with Gasteiger partial charge < -0.3 is 20.2 Å². The van der Waals surface area contributed by atoms with Gasteiger partial charge in [0.05, 0.1) is 17.8 Å². The number of aromatic carboxylic acids is 2. The summed E-state index contributed by atoms with van der Waals surface area (Å²) in [5.41, 5.74) is 1.30. The number of hydrogen-bond acceptors (Lipinski definition) is 8. The number of carboxylic acid groups (broad SMARTS) is 3. The van der Waals surface area contributed by atoms with E-state index in [9.17, 15) is 24.6 Å². The summed E-state index contributed by atoms with van der Waals surface area (Å²) in [6, 6.07) is 9.85. The van der Waals surface area contributed by atoms with Crippen LogP contribution >= 0.6 is 0 Å². The van der Waals surface area contributed by atoms with Crippen LogP contribution in [0.2, 0.25) is 0 Å². The lowest BCUT2D eigenvalue weighted by molar-refractivity contribution is -0.137. The van der Waals surface area contributed by atoms with Crippen LogP contribution in [0.4, 0.5) is 0 Å². The van der Waals surface area contributed by atoms with Crippen LogP contribution in [0.15, 0.2) is 36.4 Å². The summed E-state index contributed by atoms with van der Waals surface area (Å²) >= 11 is 0. The summed E-state index contributed by atoms with van der Waals surface area (Å²) in [5.74, 6) is -3.00. The van der Waals surface area contributed by atoms with Crippen LogP contribution in [-0.2, 0) is 17.9 Å². The van der Waals surface area contributed by atoms with Crippen LogP contribution in [0.3, 0.4) is 0 Å². The van der Waals surface area contributed by atoms with Crippen molar-refractivity contribution in [2.75, 3.05) is 45.8 Å². The van der Waals surface area contributed by atoms with Crippen LogP contribution in [-0.4, -0.2) is 104 Å². The van der Waals surface area contributed by atoms with Gasteiger partial charge >= 0.3 is 17.9 Å². The molecule has 0 aromatic carbocycles. The molecule has 0 saturated carbocycles. The van der Waals surface area contributed by atoms with Crippen molar-refractivity contribution in [1.29, 1.82) is 0 Å². The third-order valence-electron chi connectivity index (χ3n) is 5.66. The van der Waals surface area contributed by atoms with Gasteiger partial charge in [0.2, 0.25) is 0 Å². The summed E-state index contributed by atoms with van der Waals surface area (Å²) in [7, 11) is 0. The molecule has 3 heterocycles. The number of pyridine rings is 2. The standard InChI is InChI=1S/C23H29N5O6/c29-21(30)7-8-26-9-11-27(15-17-3-1-5-19(24-17)22(31)32)13-14-28(12-10-26)16-18-4-2-6-20(25-18)23(33)34/h1-6H,7-16H2,(H,29,30)(H,31,32)(H,33,34). The van der Waals surface area contributed by atoms with Gasteiger partial charge in [-0.1, -0.05) is 12.1 Å². The first-order valence-corrected chi connectivity index (χ1v) is 11.1. The highest BCUT2D eigenvalue weighted by atomic mass is 16.4. The molecule has 2 aromatic heterocycles. The molecular weight excluding hydrogens is 442 g/mol. The number of nitrogens with zero attached hydrogens (tertiary/aromatic N) is 5. The van der Waals surface area contributed by atoms with Crippen molar-refractivity contribution in [3.63, 3.8) is 0 Å². The monoisotopic (exact) mass is 471 g/mol. The highest BCUT2D eigenvalue weighted by molar-refractivity contribution is 5.85. The summed E-state index contributed by atoms with van der Waals surface area (Å²) in [6.45, 7) is 5.44. The fourth-order valence-corrected chi connectivity index (χ4v) is 3.81. The predicted octanol–water partition coefficient (Wildman–Crippen LogP) is 0.968. The molecule has 0 spiro atoms. The molecule has 1 fully saturated rings. The molecule has 11 heteroatoms. The molecule has 0 bridgehead atoms. The Bertz CT molecular complexity index is 945. The van der Waals surface area contributed by atoms with Gasteiger partial charge in [-0.15, -0.1) is 0 Å². The molecule has 2 aromatic rings. The van der Waals surface area contributed by atoms with E-state index < -0.39 is 17.9 Å². The maximum absolute atomic E-state index is 11.3. The lowest BCUT2D eigenvalue weighted by Gasteiger charge is -2.25. The molecule has 3 rings (SSSR count). The van der Waals surface area contributed by atoms with Gasteiger partial charge in [-0.25, -0.2) is 19.6 Å². The van der Waals surface area contributed by atoms with Gasteiger partial charge in [-0.3, -0.25) is 14.6 Å². The molecule has 1 aliphatic rings. The van der Waals surface area contributed by atoms with E-state index in [1.54, 1.807) is 24.3 Å². The zero-order valence-electron chi connectivity index (χ0n) is 18.8. The van der Waals surface area contributed by atoms with E-state index in [-0.39, 0.29) is 17.8 Å². The lowest BCUT2D eigenvalue weighted by Crippen LogP contribution is -2.37. The smallest absolute Gasteiger partial charge is 0.354 e. The first-order valence-electron chi connectivity index (χ1n) is 11.1. The predicted molar refractivity (Wildman–Crippen MR) is 122 cm³/mol. The van der Waals surface area contributed by atoms with Crippen molar-refractivity contribution in [2.45, 2.75) is 19.5 Å². The second kappa shape index (κ2) is 12.2. The van der Waals surface area contributed by atoms with E-state index in [1.807, 2.05) is 0 Å². The van der Waals surface area contributed by atoms with Crippen LogP contribution < -0.4 is 0 Å². The Morgan fingerprint density at radius 3 is 1.47 bits per heavy atom. The molecule has 1 aliphatic heterocycles. The van der Waals surface area contributed by atoms with Gasteiger partial charge in [-0.05, 0) is 24.3 Å². The minimum Gasteiger partial charge on any atom is -0.481 e. The van der Waals surface area contributed by atoms with Crippen LogP contribution in [0.1, 0.15) is 38.8 Å². The molecule has 34 heavy (non-hydrogen) atoms. The maximum atomic E-state index is 11.3. The average Bonchev–Trinajstić information content (AvgIpc) is 2.89. The van der Waals surface area contributed by atoms with Gasteiger partial charge in [-0.2, -0.15) is 0 Å². The fourth-order valence-electron chi connectivity index (χ4n) is 3.81. The Morgan fingerprint density at radius 1 is 0.676 bits per heavy atom. The Kier molecular flexibility index (Phi) is 9.02. The largest absolute Gasteiger partial charge is 0.481 e. The zero-order valence-corrected chi connectivity index (χ0v) is 18.8. The fraction of sp³-hybridized carbons (Fsp3) is 0.435. The van der Waals surface area contributed by atoms with Crippen molar-refractivity contribution in [2.24, 2.45) is 0 Å².